The first-order chi connectivity index (χ1) is 19.4. The predicted octanol–water partition coefficient (Wildman–Crippen LogP) is 9.64. The maximum Gasteiger partial charge on any atom is 0.368 e. The fourth-order valence-corrected chi connectivity index (χ4v) is 5.55. The summed E-state index contributed by atoms with van der Waals surface area (Å²) in [6, 6.07) is 18.4. The normalized spacial score (nSPS) is 13.1. The van der Waals surface area contributed by atoms with E-state index in [0.717, 1.165) is 44.4 Å². The van der Waals surface area contributed by atoms with Crippen LogP contribution in [0.1, 0.15) is 122 Å². The number of nitrogens with zero attached hydrogens (tertiary/aromatic N) is 1. The average Bonchev–Trinajstić information content (AvgIpc) is 2.93. The Balaban J connectivity index is 1.93. The molecule has 2 aromatic carbocycles. The summed E-state index contributed by atoms with van der Waals surface area (Å²) in [5.41, 5.74) is 2.44. The largest absolute Gasteiger partial charge is 0.454 e. The number of esters is 1. The zero-order valence-corrected chi connectivity index (χ0v) is 26.3. The Morgan fingerprint density at radius 2 is 1.27 bits per heavy atom. The van der Waals surface area contributed by atoms with Gasteiger partial charge in [0.15, 0.2) is 6.04 Å². The zero-order valence-electron chi connectivity index (χ0n) is 26.3. The number of hydrogen-bond acceptors (Lipinski definition) is 3. The second kappa shape index (κ2) is 19.7. The summed E-state index contributed by atoms with van der Waals surface area (Å²) in [5.74, 6) is 0.697. The Kier molecular flexibility index (Phi) is 16.7. The second-order valence-electron chi connectivity index (χ2n) is 12.0. The molecule has 2 aromatic rings. The van der Waals surface area contributed by atoms with E-state index in [1.807, 2.05) is 18.2 Å². The molecule has 0 saturated heterocycles. The Morgan fingerprint density at radius 3 is 1.90 bits per heavy atom. The highest BCUT2D eigenvalue weighted by Crippen LogP contribution is 2.25. The molecular weight excluding hydrogens is 494 g/mol. The number of likely N-dealkylation sites (N-methyl/N-ethyl adjacent to an activating group) is 1. The van der Waals surface area contributed by atoms with E-state index < -0.39 is 6.29 Å². The summed E-state index contributed by atoms with van der Waals surface area (Å²) in [6.45, 7) is 7.30. The molecule has 0 bridgehead atoms. The molecule has 0 spiro atoms. The van der Waals surface area contributed by atoms with Crippen LogP contribution >= 0.6 is 0 Å². The monoisotopic (exact) mass is 552 g/mol. The van der Waals surface area contributed by atoms with Crippen molar-refractivity contribution in [1.29, 1.82) is 0 Å². The number of ether oxygens (including phenoxy) is 2. The molecule has 0 amide bonds. The van der Waals surface area contributed by atoms with Crippen molar-refractivity contribution in [2.45, 2.75) is 136 Å². The zero-order chi connectivity index (χ0) is 29.1. The third-order valence-corrected chi connectivity index (χ3v) is 7.91. The molecule has 4 nitrogen and oxygen atoms in total. The number of unbranched alkanes of at least 4 members (excludes halogenated alkanes) is 9. The fraction of sp³-hybridized carbons (Fsp3) is 0.639. The van der Waals surface area contributed by atoms with Crippen molar-refractivity contribution < 1.29 is 18.8 Å². The maximum absolute atomic E-state index is 13.6. The van der Waals surface area contributed by atoms with Gasteiger partial charge < -0.3 is 14.0 Å². The van der Waals surface area contributed by atoms with Gasteiger partial charge in [-0.3, -0.25) is 0 Å². The topological polar surface area (TPSA) is 35.5 Å². The number of benzene rings is 2. The number of quaternary nitrogens is 1. The van der Waals surface area contributed by atoms with Crippen LogP contribution in [0.2, 0.25) is 0 Å². The molecule has 0 aliphatic heterocycles. The first-order valence-corrected chi connectivity index (χ1v) is 16.2. The van der Waals surface area contributed by atoms with Crippen molar-refractivity contribution >= 4 is 5.97 Å². The summed E-state index contributed by atoms with van der Waals surface area (Å²) >= 11 is 0. The van der Waals surface area contributed by atoms with Gasteiger partial charge in [0.1, 0.15) is 12.3 Å². The smallest absolute Gasteiger partial charge is 0.368 e. The van der Waals surface area contributed by atoms with Gasteiger partial charge in [0, 0.05) is 18.4 Å². The molecule has 0 heterocycles. The van der Waals surface area contributed by atoms with Crippen molar-refractivity contribution in [3.8, 4) is 5.75 Å². The van der Waals surface area contributed by atoms with Gasteiger partial charge in [-0.2, -0.15) is 0 Å². The van der Waals surface area contributed by atoms with E-state index in [4.69, 9.17) is 9.47 Å². The first kappa shape index (κ1) is 33.9. The van der Waals surface area contributed by atoms with E-state index >= 15 is 0 Å². The van der Waals surface area contributed by atoms with Crippen molar-refractivity contribution in [3.05, 3.63) is 65.7 Å². The van der Waals surface area contributed by atoms with Crippen LogP contribution in [-0.2, 0) is 22.5 Å². The van der Waals surface area contributed by atoms with Gasteiger partial charge in [-0.15, -0.1) is 0 Å². The van der Waals surface area contributed by atoms with Gasteiger partial charge in [-0.05, 0) is 37.3 Å². The Labute approximate surface area is 246 Å². The summed E-state index contributed by atoms with van der Waals surface area (Å²) in [7, 11) is 4.26. The van der Waals surface area contributed by atoms with Crippen LogP contribution in [-0.4, -0.2) is 36.9 Å². The van der Waals surface area contributed by atoms with Crippen molar-refractivity contribution in [1.82, 2.24) is 0 Å². The minimum atomic E-state index is -0.567. The molecule has 2 atom stereocenters. The van der Waals surface area contributed by atoms with Gasteiger partial charge in [0.2, 0.25) is 6.29 Å². The lowest BCUT2D eigenvalue weighted by Gasteiger charge is -2.37. The molecule has 4 heteroatoms. The summed E-state index contributed by atoms with van der Waals surface area (Å²) in [6.07, 6.45) is 17.0. The highest BCUT2D eigenvalue weighted by Gasteiger charge is 2.37. The molecule has 2 rings (SSSR count). The first-order valence-electron chi connectivity index (χ1n) is 16.2. The lowest BCUT2D eigenvalue weighted by Crippen LogP contribution is -2.53. The third kappa shape index (κ3) is 12.9. The molecular formula is C36H58NO3+. The van der Waals surface area contributed by atoms with Crippen molar-refractivity contribution in [2.24, 2.45) is 0 Å². The van der Waals surface area contributed by atoms with E-state index in [9.17, 15) is 4.79 Å². The number of aryl methyl sites for hydroxylation is 1. The van der Waals surface area contributed by atoms with E-state index in [1.165, 1.54) is 68.9 Å². The lowest BCUT2D eigenvalue weighted by atomic mass is 10.0. The Hall–Kier alpha value is -2.33. The Bertz CT molecular complexity index is 927. The van der Waals surface area contributed by atoms with E-state index in [0.29, 0.717) is 10.9 Å². The number of para-hydroxylation sites is 1. The SMILES string of the molecule is CCCCCCCCCCCCc1ccccc1OC(CCC)OC(=O)C(CCC)[N+](C)(C)Cc1ccccc1. The molecule has 0 saturated carbocycles. The number of rotatable bonds is 22. The van der Waals surface area contributed by atoms with Crippen LogP contribution < -0.4 is 4.74 Å². The van der Waals surface area contributed by atoms with Crippen molar-refractivity contribution in [3.63, 3.8) is 0 Å². The lowest BCUT2D eigenvalue weighted by molar-refractivity contribution is -0.920. The molecule has 0 N–H and O–H groups in total. The highest BCUT2D eigenvalue weighted by atomic mass is 16.7. The molecule has 0 aliphatic carbocycles. The van der Waals surface area contributed by atoms with E-state index in [2.05, 4.69) is 71.3 Å². The molecule has 0 aromatic heterocycles. The minimum Gasteiger partial charge on any atom is -0.454 e. The maximum atomic E-state index is 13.6. The van der Waals surface area contributed by atoms with E-state index in [1.54, 1.807) is 0 Å². The molecule has 0 aliphatic rings. The van der Waals surface area contributed by atoms with Gasteiger partial charge in [0.25, 0.3) is 0 Å². The van der Waals surface area contributed by atoms with Crippen LogP contribution in [0.4, 0.5) is 0 Å². The Morgan fingerprint density at radius 1 is 0.700 bits per heavy atom. The fourth-order valence-electron chi connectivity index (χ4n) is 5.55. The van der Waals surface area contributed by atoms with Gasteiger partial charge in [-0.25, -0.2) is 4.79 Å². The summed E-state index contributed by atoms with van der Waals surface area (Å²) in [4.78, 5) is 13.6. The van der Waals surface area contributed by atoms with Crippen LogP contribution in [0.5, 0.6) is 5.75 Å². The van der Waals surface area contributed by atoms with Gasteiger partial charge in [-0.1, -0.05) is 127 Å². The van der Waals surface area contributed by atoms with E-state index in [-0.39, 0.29) is 12.0 Å². The summed E-state index contributed by atoms with van der Waals surface area (Å²) < 4.78 is 13.1. The quantitative estimate of drug-likeness (QED) is 0.0631. The van der Waals surface area contributed by atoms with Crippen LogP contribution in [0.15, 0.2) is 54.6 Å². The molecule has 0 radical (unpaired) electrons. The molecule has 2 unspecified atom stereocenters. The highest BCUT2D eigenvalue weighted by molar-refractivity contribution is 5.74. The molecule has 224 valence electrons. The number of carbonyl (C=O) groups is 1. The average molecular weight is 553 g/mol. The standard InChI is InChI=1S/C36H58NO3/c1-6-9-10-11-12-13-14-15-16-20-27-32-28-21-22-29-34(32)39-35(24-8-3)40-36(38)33(23-7-2)37(4,5)30-31-25-18-17-19-26-31/h17-19,21-22,25-26,28-29,33,35H,6-16,20,23-24,27,30H2,1-5H3/q+1. The summed E-state index contributed by atoms with van der Waals surface area (Å²) in [5, 5.41) is 0. The van der Waals surface area contributed by atoms with Gasteiger partial charge in [0.05, 0.1) is 14.1 Å². The molecule has 0 fully saturated rings. The predicted molar refractivity (Wildman–Crippen MR) is 168 cm³/mol. The minimum absolute atomic E-state index is 0.159. The van der Waals surface area contributed by atoms with Crippen LogP contribution in [0.3, 0.4) is 0 Å². The number of carbonyl (C=O) groups excluding carboxylic acids is 1. The van der Waals surface area contributed by atoms with Crippen LogP contribution in [0.25, 0.3) is 0 Å². The second-order valence-corrected chi connectivity index (χ2v) is 12.0. The van der Waals surface area contributed by atoms with Crippen LogP contribution in [0, 0.1) is 0 Å². The third-order valence-electron chi connectivity index (χ3n) is 7.91. The van der Waals surface area contributed by atoms with Gasteiger partial charge >= 0.3 is 5.97 Å². The van der Waals surface area contributed by atoms with Crippen molar-refractivity contribution in [2.75, 3.05) is 14.1 Å². The number of hydrogen-bond donors (Lipinski definition) is 0. The molecule has 40 heavy (non-hydrogen) atoms.